The van der Waals surface area contributed by atoms with Gasteiger partial charge in [0.05, 0.1) is 35.9 Å². The standard InChI is InChI=1S/C19H17ClN6O4S/c1-10-17(29-2)24-19(25-18(10)30-3)26-31(27,28)13-9-23-15-11(13)5-6-12(20)14(15)16-21-7-4-8-22-16/h4-9,23H,1-3H3,(H,24,25,26). The van der Waals surface area contributed by atoms with Crippen molar-refractivity contribution in [2.45, 2.75) is 11.8 Å². The minimum atomic E-state index is -4.07. The van der Waals surface area contributed by atoms with Crippen molar-refractivity contribution in [2.24, 2.45) is 0 Å². The highest BCUT2D eigenvalue weighted by Gasteiger charge is 2.24. The lowest BCUT2D eigenvalue weighted by atomic mass is 10.1. The Morgan fingerprint density at radius 2 is 1.71 bits per heavy atom. The van der Waals surface area contributed by atoms with Gasteiger partial charge in [-0.15, -0.1) is 0 Å². The van der Waals surface area contributed by atoms with Crippen molar-refractivity contribution in [3.8, 4) is 23.1 Å². The van der Waals surface area contributed by atoms with E-state index in [-0.39, 0.29) is 22.6 Å². The largest absolute Gasteiger partial charge is 0.481 e. The maximum absolute atomic E-state index is 13.1. The molecule has 0 unspecified atom stereocenters. The smallest absolute Gasteiger partial charge is 0.266 e. The van der Waals surface area contributed by atoms with Crippen LogP contribution in [0.25, 0.3) is 22.3 Å². The monoisotopic (exact) mass is 460 g/mol. The first kappa shape index (κ1) is 20.8. The molecular weight excluding hydrogens is 444 g/mol. The van der Waals surface area contributed by atoms with E-state index < -0.39 is 10.0 Å². The van der Waals surface area contributed by atoms with Crippen LogP contribution in [-0.4, -0.2) is 47.6 Å². The number of aromatic amines is 1. The molecule has 3 heterocycles. The number of H-pyrrole nitrogens is 1. The third kappa shape index (κ3) is 3.73. The molecule has 160 valence electrons. The molecule has 3 aromatic heterocycles. The molecule has 0 bridgehead atoms. The summed E-state index contributed by atoms with van der Waals surface area (Å²) in [4.78, 5) is 19.6. The first-order valence-corrected chi connectivity index (χ1v) is 10.8. The zero-order valence-corrected chi connectivity index (χ0v) is 18.2. The van der Waals surface area contributed by atoms with Crippen LogP contribution in [0.15, 0.2) is 41.7 Å². The van der Waals surface area contributed by atoms with Crippen LogP contribution in [0.2, 0.25) is 5.02 Å². The Labute approximate surface area is 182 Å². The van der Waals surface area contributed by atoms with Gasteiger partial charge in [-0.25, -0.2) is 23.1 Å². The van der Waals surface area contributed by atoms with Crippen molar-refractivity contribution >= 4 is 38.5 Å². The van der Waals surface area contributed by atoms with Crippen LogP contribution in [0.1, 0.15) is 5.56 Å². The van der Waals surface area contributed by atoms with Gasteiger partial charge in [0.1, 0.15) is 4.90 Å². The second-order valence-corrected chi connectivity index (χ2v) is 8.42. The van der Waals surface area contributed by atoms with Gasteiger partial charge in [0.25, 0.3) is 10.0 Å². The molecule has 0 aliphatic carbocycles. The number of fused-ring (bicyclic) bond motifs is 1. The SMILES string of the molecule is COc1nc(NS(=O)(=O)c2c[nH]c3c(-c4ncccn4)c(Cl)ccc23)nc(OC)c1C. The molecule has 0 saturated heterocycles. The van der Waals surface area contributed by atoms with E-state index in [1.165, 1.54) is 20.4 Å². The van der Waals surface area contributed by atoms with Gasteiger partial charge in [0.2, 0.25) is 17.7 Å². The van der Waals surface area contributed by atoms with Gasteiger partial charge < -0.3 is 14.5 Å². The number of benzene rings is 1. The molecule has 1 aromatic carbocycles. The predicted octanol–water partition coefficient (Wildman–Crippen LogP) is 3.19. The van der Waals surface area contributed by atoms with Gasteiger partial charge in [-0.1, -0.05) is 11.6 Å². The molecule has 0 spiro atoms. The van der Waals surface area contributed by atoms with Crippen LogP contribution in [0.5, 0.6) is 11.8 Å². The Morgan fingerprint density at radius 3 is 2.32 bits per heavy atom. The average molecular weight is 461 g/mol. The second-order valence-electron chi connectivity index (χ2n) is 6.37. The Hall–Kier alpha value is -3.44. The number of hydrogen-bond acceptors (Lipinski definition) is 8. The van der Waals surface area contributed by atoms with Crippen LogP contribution in [0.3, 0.4) is 0 Å². The minimum absolute atomic E-state index is 0.0153. The fraction of sp³-hybridized carbons (Fsp3) is 0.158. The lowest BCUT2D eigenvalue weighted by Gasteiger charge is -2.11. The molecule has 4 aromatic rings. The summed E-state index contributed by atoms with van der Waals surface area (Å²) in [7, 11) is -1.23. The van der Waals surface area contributed by atoms with E-state index in [2.05, 4.69) is 29.6 Å². The van der Waals surface area contributed by atoms with Crippen LogP contribution in [-0.2, 0) is 10.0 Å². The third-order valence-electron chi connectivity index (χ3n) is 4.52. The number of halogens is 1. The summed E-state index contributed by atoms with van der Waals surface area (Å²) < 4.78 is 39.0. The summed E-state index contributed by atoms with van der Waals surface area (Å²) in [5.74, 6) is 0.569. The molecule has 2 N–H and O–H groups in total. The molecule has 12 heteroatoms. The van der Waals surface area contributed by atoms with E-state index in [0.717, 1.165) is 0 Å². The average Bonchev–Trinajstić information content (AvgIpc) is 3.20. The van der Waals surface area contributed by atoms with Crippen molar-refractivity contribution in [1.29, 1.82) is 0 Å². The van der Waals surface area contributed by atoms with E-state index in [1.807, 2.05) is 0 Å². The molecule has 31 heavy (non-hydrogen) atoms. The summed E-state index contributed by atoms with van der Waals surface area (Å²) in [6, 6.07) is 4.87. The Morgan fingerprint density at radius 1 is 1.06 bits per heavy atom. The lowest BCUT2D eigenvalue weighted by molar-refractivity contribution is 0.367. The number of sulfonamides is 1. The van der Waals surface area contributed by atoms with E-state index >= 15 is 0 Å². The highest BCUT2D eigenvalue weighted by Crippen LogP contribution is 2.36. The molecule has 0 aliphatic heterocycles. The van der Waals surface area contributed by atoms with E-state index in [0.29, 0.717) is 32.9 Å². The fourth-order valence-electron chi connectivity index (χ4n) is 3.11. The zero-order valence-electron chi connectivity index (χ0n) is 16.7. The summed E-state index contributed by atoms with van der Waals surface area (Å²) >= 11 is 6.36. The first-order valence-electron chi connectivity index (χ1n) is 8.92. The van der Waals surface area contributed by atoms with Gasteiger partial charge in [-0.05, 0) is 25.1 Å². The maximum Gasteiger partial charge on any atom is 0.266 e. The number of aromatic nitrogens is 5. The summed E-state index contributed by atoms with van der Waals surface area (Å²) in [5.41, 5.74) is 1.53. The molecule has 10 nitrogen and oxygen atoms in total. The Kier molecular flexibility index (Phi) is 5.38. The van der Waals surface area contributed by atoms with Crippen LogP contribution >= 0.6 is 11.6 Å². The predicted molar refractivity (Wildman–Crippen MR) is 115 cm³/mol. The summed E-state index contributed by atoms with van der Waals surface area (Å²) in [6.45, 7) is 1.70. The van der Waals surface area contributed by atoms with E-state index in [9.17, 15) is 8.42 Å². The number of rotatable bonds is 6. The quantitative estimate of drug-likeness (QED) is 0.448. The highest BCUT2D eigenvalue weighted by atomic mass is 35.5. The highest BCUT2D eigenvalue weighted by molar-refractivity contribution is 7.93. The molecule has 0 radical (unpaired) electrons. The van der Waals surface area contributed by atoms with Crippen molar-refractivity contribution in [3.05, 3.63) is 47.4 Å². The number of nitrogens with zero attached hydrogens (tertiary/aromatic N) is 4. The number of nitrogens with one attached hydrogen (secondary N) is 2. The van der Waals surface area contributed by atoms with Crippen molar-refractivity contribution in [1.82, 2.24) is 24.9 Å². The van der Waals surface area contributed by atoms with Crippen molar-refractivity contribution < 1.29 is 17.9 Å². The summed E-state index contributed by atoms with van der Waals surface area (Å²) in [6.07, 6.45) is 4.52. The van der Waals surface area contributed by atoms with Crippen LogP contribution in [0, 0.1) is 6.92 Å². The van der Waals surface area contributed by atoms with Gasteiger partial charge >= 0.3 is 0 Å². The molecule has 0 aliphatic rings. The van der Waals surface area contributed by atoms with Gasteiger partial charge in [0, 0.05) is 24.0 Å². The molecule has 0 fully saturated rings. The number of anilines is 1. The summed E-state index contributed by atoms with van der Waals surface area (Å²) in [5, 5.41) is 0.791. The Balaban J connectivity index is 1.81. The lowest BCUT2D eigenvalue weighted by Crippen LogP contribution is -2.15. The number of hydrogen-bond donors (Lipinski definition) is 2. The second kappa shape index (κ2) is 8.00. The first-order chi connectivity index (χ1) is 14.9. The molecular formula is C19H17ClN6O4S. The maximum atomic E-state index is 13.1. The minimum Gasteiger partial charge on any atom is -0.481 e. The van der Waals surface area contributed by atoms with Crippen molar-refractivity contribution in [2.75, 3.05) is 18.9 Å². The zero-order chi connectivity index (χ0) is 22.2. The molecule has 0 atom stereocenters. The molecule has 4 rings (SSSR count). The normalized spacial score (nSPS) is 11.5. The van der Waals surface area contributed by atoms with Gasteiger partial charge in [-0.2, -0.15) is 9.97 Å². The van der Waals surface area contributed by atoms with Crippen LogP contribution < -0.4 is 14.2 Å². The number of ether oxygens (including phenoxy) is 2. The number of methoxy groups -OCH3 is 2. The topological polar surface area (TPSA) is 132 Å². The van der Waals surface area contributed by atoms with Crippen molar-refractivity contribution in [3.63, 3.8) is 0 Å². The van der Waals surface area contributed by atoms with Gasteiger partial charge in [-0.3, -0.25) is 0 Å². The molecule has 0 amide bonds. The van der Waals surface area contributed by atoms with E-state index in [1.54, 1.807) is 37.5 Å². The third-order valence-corrected chi connectivity index (χ3v) is 6.20. The van der Waals surface area contributed by atoms with Gasteiger partial charge in [0.15, 0.2) is 5.82 Å². The van der Waals surface area contributed by atoms with E-state index in [4.69, 9.17) is 21.1 Å². The fourth-order valence-corrected chi connectivity index (χ4v) is 4.47. The Bertz CT molecular complexity index is 1350. The molecule has 0 saturated carbocycles. The van der Waals surface area contributed by atoms with Crippen LogP contribution in [0.4, 0.5) is 5.95 Å².